The van der Waals surface area contributed by atoms with Crippen LogP contribution in [0.4, 0.5) is 0 Å². The Balaban J connectivity index is 1.41. The van der Waals surface area contributed by atoms with Gasteiger partial charge in [0, 0.05) is 13.0 Å². The predicted molar refractivity (Wildman–Crippen MR) is 144 cm³/mol. The summed E-state index contributed by atoms with van der Waals surface area (Å²) in [6.07, 6.45) is 9.72. The van der Waals surface area contributed by atoms with Crippen LogP contribution in [0.3, 0.4) is 0 Å². The second-order valence-corrected chi connectivity index (χ2v) is 14.2. The first-order chi connectivity index (χ1) is 16.8. The summed E-state index contributed by atoms with van der Waals surface area (Å²) in [5.74, 6) is 3.46. The topological polar surface area (TPSA) is 83.8 Å². The molecule has 0 aliphatic heterocycles. The van der Waals surface area contributed by atoms with E-state index in [1.54, 1.807) is 14.1 Å². The second-order valence-electron chi connectivity index (χ2n) is 14.2. The number of hydroxylamine groups is 3. The molecule has 4 fully saturated rings. The van der Waals surface area contributed by atoms with Crippen molar-refractivity contribution in [2.75, 3.05) is 33.7 Å². The van der Waals surface area contributed by atoms with Crippen LogP contribution >= 0.6 is 0 Å². The summed E-state index contributed by atoms with van der Waals surface area (Å²) in [5, 5.41) is 34.0. The van der Waals surface area contributed by atoms with Gasteiger partial charge in [-0.3, -0.25) is 4.79 Å². The highest BCUT2D eigenvalue weighted by molar-refractivity contribution is 5.76. The summed E-state index contributed by atoms with van der Waals surface area (Å²) in [6, 6.07) is 0. The largest absolute Gasteiger partial charge is 0.633 e. The van der Waals surface area contributed by atoms with Gasteiger partial charge >= 0.3 is 0 Å². The van der Waals surface area contributed by atoms with Crippen molar-refractivity contribution >= 4 is 5.91 Å². The first-order valence-electron chi connectivity index (χ1n) is 15.0. The number of likely N-dealkylation sites (N-methyl/N-ethyl adjacent to an activating group) is 2. The molecule has 4 aliphatic carbocycles. The molecule has 2 N–H and O–H groups in total. The number of aliphatic hydroxyl groups is 2. The Kier molecular flexibility index (Phi) is 8.23. The fourth-order valence-electron chi connectivity index (χ4n) is 9.69. The van der Waals surface area contributed by atoms with Gasteiger partial charge in [0.15, 0.2) is 0 Å². The van der Waals surface area contributed by atoms with E-state index in [2.05, 4.69) is 20.8 Å². The number of carbonyl (C=O) groups is 1. The summed E-state index contributed by atoms with van der Waals surface area (Å²) in [5.41, 5.74) is 0.205. The van der Waals surface area contributed by atoms with Gasteiger partial charge in [-0.1, -0.05) is 20.8 Å². The van der Waals surface area contributed by atoms with Gasteiger partial charge in [-0.25, -0.2) is 0 Å². The Labute approximate surface area is 220 Å². The minimum Gasteiger partial charge on any atom is -0.633 e. The summed E-state index contributed by atoms with van der Waals surface area (Å²) in [7, 11) is 3.25. The molecule has 0 aromatic carbocycles. The smallest absolute Gasteiger partial charge is 0.222 e. The Morgan fingerprint density at radius 2 is 1.81 bits per heavy atom. The van der Waals surface area contributed by atoms with Crippen molar-refractivity contribution in [2.45, 2.75) is 104 Å². The van der Waals surface area contributed by atoms with Crippen LogP contribution in [0.1, 0.15) is 91.9 Å². The first kappa shape index (κ1) is 28.3. The predicted octanol–water partition coefficient (Wildman–Crippen LogP) is 4.82. The maximum absolute atomic E-state index is 13.0. The molecule has 1 amide bonds. The fraction of sp³-hybridized carbons (Fsp3) is 0.967. The fourth-order valence-corrected chi connectivity index (χ4v) is 9.69. The summed E-state index contributed by atoms with van der Waals surface area (Å²) >= 11 is 0. The molecule has 0 spiro atoms. The number of quaternary nitrogens is 1. The van der Waals surface area contributed by atoms with Crippen LogP contribution in [-0.4, -0.2) is 71.6 Å². The Morgan fingerprint density at radius 1 is 1.08 bits per heavy atom. The Bertz CT molecular complexity index is 783. The third-order valence-electron chi connectivity index (χ3n) is 12.0. The molecule has 4 rings (SSSR count). The van der Waals surface area contributed by atoms with E-state index in [9.17, 15) is 20.2 Å². The molecule has 0 aromatic rings. The first-order valence-corrected chi connectivity index (χ1v) is 15.0. The third kappa shape index (κ3) is 5.13. The van der Waals surface area contributed by atoms with Gasteiger partial charge in [-0.2, -0.15) is 0 Å². The van der Waals surface area contributed by atoms with Gasteiger partial charge < -0.3 is 25.0 Å². The molecule has 0 radical (unpaired) electrons. The zero-order valence-corrected chi connectivity index (χ0v) is 23.9. The van der Waals surface area contributed by atoms with E-state index >= 15 is 0 Å². The van der Waals surface area contributed by atoms with E-state index in [0.29, 0.717) is 61.6 Å². The lowest BCUT2D eigenvalue weighted by Gasteiger charge is -2.62. The summed E-state index contributed by atoms with van der Waals surface area (Å²) in [4.78, 5) is 14.8. The highest BCUT2D eigenvalue weighted by Gasteiger charge is 2.63. The number of hydrogen-bond acceptors (Lipinski definition) is 4. The molecule has 36 heavy (non-hydrogen) atoms. The minimum absolute atomic E-state index is 0.0600. The molecule has 0 bridgehead atoms. The molecule has 6 nitrogen and oxygen atoms in total. The number of fused-ring (bicyclic) bond motifs is 5. The highest BCUT2D eigenvalue weighted by atomic mass is 16.5. The van der Waals surface area contributed by atoms with Crippen LogP contribution in [0.25, 0.3) is 0 Å². The van der Waals surface area contributed by atoms with Gasteiger partial charge in [0.1, 0.15) is 0 Å². The monoisotopic (exact) mass is 506 g/mol. The zero-order chi connectivity index (χ0) is 26.5. The van der Waals surface area contributed by atoms with Crippen molar-refractivity contribution in [3.8, 4) is 0 Å². The van der Waals surface area contributed by atoms with Crippen LogP contribution in [0, 0.1) is 51.5 Å². The van der Waals surface area contributed by atoms with Crippen molar-refractivity contribution in [1.82, 2.24) is 4.90 Å². The number of amides is 1. The van der Waals surface area contributed by atoms with Gasteiger partial charge in [0.25, 0.3) is 0 Å². The molecule has 0 heterocycles. The van der Waals surface area contributed by atoms with Gasteiger partial charge in [0.05, 0.1) is 39.4 Å². The van der Waals surface area contributed by atoms with Crippen LogP contribution in [0.2, 0.25) is 0 Å². The SMILES string of the molecule is CCN(CC[N+](C)(C)[O-])C(=O)CC[C@@H](C)[C@H]1CCC2[C@@H]3CC[C@@H]4C[C@H](O)CC[C@]4(C)[C@H]3C[C@H](O)[C@@]21C. The normalized spacial score (nSPS) is 43.3. The summed E-state index contributed by atoms with van der Waals surface area (Å²) in [6.45, 7) is 10.7. The van der Waals surface area contributed by atoms with Gasteiger partial charge in [-0.05, 0) is 111 Å². The maximum atomic E-state index is 13.0. The molecule has 6 heteroatoms. The van der Waals surface area contributed by atoms with Crippen LogP contribution in [0.5, 0.6) is 0 Å². The van der Waals surface area contributed by atoms with Crippen molar-refractivity contribution < 1.29 is 19.7 Å². The van der Waals surface area contributed by atoms with E-state index in [-0.39, 0.29) is 33.6 Å². The van der Waals surface area contributed by atoms with Crippen molar-refractivity contribution in [1.29, 1.82) is 0 Å². The number of rotatable bonds is 8. The average molecular weight is 507 g/mol. The minimum atomic E-state index is -0.373. The quantitative estimate of drug-likeness (QED) is 0.365. The highest BCUT2D eigenvalue weighted by Crippen LogP contribution is 2.68. The van der Waals surface area contributed by atoms with Crippen molar-refractivity contribution in [3.63, 3.8) is 0 Å². The molecular weight excluding hydrogens is 452 g/mol. The van der Waals surface area contributed by atoms with E-state index < -0.39 is 0 Å². The Hall–Kier alpha value is -0.690. The molecule has 10 atom stereocenters. The number of nitrogens with zero attached hydrogens (tertiary/aromatic N) is 2. The van der Waals surface area contributed by atoms with Crippen LogP contribution < -0.4 is 0 Å². The number of hydrogen-bond donors (Lipinski definition) is 2. The molecule has 4 saturated carbocycles. The molecule has 0 saturated heterocycles. The van der Waals surface area contributed by atoms with E-state index in [4.69, 9.17) is 0 Å². The van der Waals surface area contributed by atoms with Gasteiger partial charge in [-0.15, -0.1) is 0 Å². The van der Waals surface area contributed by atoms with Gasteiger partial charge in [0.2, 0.25) is 5.91 Å². The molecular formula is C30H54N2O4. The molecule has 0 aromatic heterocycles. The molecule has 4 aliphatic rings. The third-order valence-corrected chi connectivity index (χ3v) is 12.0. The Morgan fingerprint density at radius 3 is 2.47 bits per heavy atom. The zero-order valence-electron chi connectivity index (χ0n) is 23.9. The molecule has 208 valence electrons. The van der Waals surface area contributed by atoms with E-state index in [0.717, 1.165) is 38.5 Å². The second kappa shape index (κ2) is 10.5. The number of aliphatic hydroxyl groups excluding tert-OH is 2. The number of carbonyl (C=O) groups excluding carboxylic acids is 1. The standard InChI is InChI=1S/C30H54N2O4/c1-7-31(16-17-32(5,6)36)28(35)13-8-20(2)24-11-12-25-23-10-9-21-18-22(33)14-15-29(21,3)26(23)19-27(34)30(24,25)4/h20-27,33-34H,7-19H2,1-6H3/t20-,21-,22-,23+,24-,25?,26+,27+,29+,30-/m1/s1. The van der Waals surface area contributed by atoms with E-state index in [1.165, 1.54) is 19.3 Å². The summed E-state index contributed by atoms with van der Waals surface area (Å²) < 4.78 is -0.373. The van der Waals surface area contributed by atoms with E-state index in [1.807, 2.05) is 11.8 Å². The van der Waals surface area contributed by atoms with Crippen molar-refractivity contribution in [3.05, 3.63) is 5.21 Å². The molecule has 1 unspecified atom stereocenters. The van der Waals surface area contributed by atoms with Crippen LogP contribution in [-0.2, 0) is 4.79 Å². The lowest BCUT2D eigenvalue weighted by Crippen LogP contribution is -2.58. The average Bonchev–Trinajstić information content (AvgIpc) is 3.17. The maximum Gasteiger partial charge on any atom is 0.222 e. The lowest BCUT2D eigenvalue weighted by molar-refractivity contribution is -0.839. The van der Waals surface area contributed by atoms with Crippen molar-refractivity contribution in [2.24, 2.45) is 46.3 Å². The van der Waals surface area contributed by atoms with Crippen LogP contribution in [0.15, 0.2) is 0 Å². The lowest BCUT2D eigenvalue weighted by atomic mass is 9.43.